The Labute approximate surface area is 164 Å². The predicted octanol–water partition coefficient (Wildman–Crippen LogP) is 3.03. The number of amides is 2. The number of nitrogens with zero attached hydrogens (tertiary/aromatic N) is 1. The van der Waals surface area contributed by atoms with Crippen LogP contribution in [0.1, 0.15) is 44.1 Å². The van der Waals surface area contributed by atoms with Crippen molar-refractivity contribution in [1.82, 2.24) is 10.2 Å². The second kappa shape index (κ2) is 9.96. The summed E-state index contributed by atoms with van der Waals surface area (Å²) in [6.07, 6.45) is 4.68. The molecule has 7 heteroatoms. The molecule has 2 aliphatic heterocycles. The zero-order chi connectivity index (χ0) is 19.9. The number of benzene rings is 1. The molecule has 0 saturated carbocycles. The van der Waals surface area contributed by atoms with Gasteiger partial charge in [0.15, 0.2) is 11.6 Å². The average Bonchev–Trinajstić information content (AvgIpc) is 2.73. The Kier molecular flexibility index (Phi) is 7.36. The molecule has 2 saturated heterocycles. The van der Waals surface area contributed by atoms with Gasteiger partial charge in [0.1, 0.15) is 0 Å². The third-order valence-corrected chi connectivity index (χ3v) is 5.65. The highest BCUT2D eigenvalue weighted by atomic mass is 19.2. The van der Waals surface area contributed by atoms with Crippen molar-refractivity contribution in [3.05, 3.63) is 35.4 Å². The minimum Gasteiger partial charge on any atom is -0.381 e. The molecule has 2 heterocycles. The first-order valence-corrected chi connectivity index (χ1v) is 10.1. The van der Waals surface area contributed by atoms with Crippen LogP contribution >= 0.6 is 0 Å². The van der Waals surface area contributed by atoms with Gasteiger partial charge in [-0.1, -0.05) is 6.07 Å². The van der Waals surface area contributed by atoms with E-state index in [1.54, 1.807) is 0 Å². The standard InChI is InChI=1S/C21H28F2N2O3/c22-18-5-3-16(12-19(18)23)13-24-20(26)6-4-15-2-1-9-25(14-15)21(27)17-7-10-28-11-8-17/h3,5,12,15,17H,1-2,4,6-11,13-14H2,(H,24,26). The maximum Gasteiger partial charge on any atom is 0.225 e. The monoisotopic (exact) mass is 394 g/mol. The van der Waals surface area contributed by atoms with Crippen molar-refractivity contribution in [2.75, 3.05) is 26.3 Å². The van der Waals surface area contributed by atoms with Crippen LogP contribution in [0.3, 0.4) is 0 Å². The fourth-order valence-corrected chi connectivity index (χ4v) is 3.98. The van der Waals surface area contributed by atoms with E-state index in [1.165, 1.54) is 6.07 Å². The number of piperidine rings is 1. The molecule has 0 spiro atoms. The van der Waals surface area contributed by atoms with Gasteiger partial charge in [-0.05, 0) is 55.7 Å². The van der Waals surface area contributed by atoms with Crippen LogP contribution in [0.2, 0.25) is 0 Å². The number of rotatable bonds is 6. The van der Waals surface area contributed by atoms with E-state index in [2.05, 4.69) is 5.32 Å². The van der Waals surface area contributed by atoms with Crippen LogP contribution in [-0.2, 0) is 20.9 Å². The van der Waals surface area contributed by atoms with Gasteiger partial charge in [0.2, 0.25) is 11.8 Å². The van der Waals surface area contributed by atoms with Crippen LogP contribution in [0, 0.1) is 23.5 Å². The highest BCUT2D eigenvalue weighted by molar-refractivity contribution is 5.79. The Morgan fingerprint density at radius 1 is 1.14 bits per heavy atom. The second-order valence-corrected chi connectivity index (χ2v) is 7.74. The average molecular weight is 394 g/mol. The largest absolute Gasteiger partial charge is 0.381 e. The maximum absolute atomic E-state index is 13.2. The van der Waals surface area contributed by atoms with E-state index < -0.39 is 11.6 Å². The van der Waals surface area contributed by atoms with Gasteiger partial charge in [0, 0.05) is 45.2 Å². The highest BCUT2D eigenvalue weighted by Crippen LogP contribution is 2.25. The summed E-state index contributed by atoms with van der Waals surface area (Å²) in [5.41, 5.74) is 0.526. The molecule has 0 radical (unpaired) electrons. The van der Waals surface area contributed by atoms with Crippen molar-refractivity contribution in [2.24, 2.45) is 11.8 Å². The lowest BCUT2D eigenvalue weighted by Gasteiger charge is -2.36. The van der Waals surface area contributed by atoms with Gasteiger partial charge in [0.05, 0.1) is 0 Å². The number of carbonyl (C=O) groups excluding carboxylic acids is 2. The zero-order valence-electron chi connectivity index (χ0n) is 16.1. The van der Waals surface area contributed by atoms with Gasteiger partial charge < -0.3 is 15.0 Å². The summed E-state index contributed by atoms with van der Waals surface area (Å²) < 4.78 is 31.5. The first kappa shape index (κ1) is 20.7. The summed E-state index contributed by atoms with van der Waals surface area (Å²) in [4.78, 5) is 26.7. The summed E-state index contributed by atoms with van der Waals surface area (Å²) in [5, 5.41) is 2.75. The minimum absolute atomic E-state index is 0.0758. The summed E-state index contributed by atoms with van der Waals surface area (Å²) in [6.45, 7) is 3.01. The molecule has 1 unspecified atom stereocenters. The molecule has 0 bridgehead atoms. The van der Waals surface area contributed by atoms with Crippen LogP contribution in [0.5, 0.6) is 0 Å². The molecule has 0 aromatic heterocycles. The quantitative estimate of drug-likeness (QED) is 0.807. The van der Waals surface area contributed by atoms with Crippen LogP contribution in [0.25, 0.3) is 0 Å². The molecular formula is C21H28F2N2O3. The van der Waals surface area contributed by atoms with Crippen molar-refractivity contribution >= 4 is 11.8 Å². The molecule has 3 rings (SSSR count). The minimum atomic E-state index is -0.914. The number of nitrogens with one attached hydrogen (secondary N) is 1. The van der Waals surface area contributed by atoms with Crippen molar-refractivity contribution in [2.45, 2.75) is 45.1 Å². The van der Waals surface area contributed by atoms with Gasteiger partial charge in [-0.15, -0.1) is 0 Å². The molecule has 2 amide bonds. The Hall–Kier alpha value is -2.02. The lowest BCUT2D eigenvalue weighted by molar-refractivity contribution is -0.140. The molecule has 1 atom stereocenters. The van der Waals surface area contributed by atoms with Gasteiger partial charge in [-0.3, -0.25) is 9.59 Å². The smallest absolute Gasteiger partial charge is 0.225 e. The third kappa shape index (κ3) is 5.74. The van der Waals surface area contributed by atoms with Crippen LogP contribution in [0.15, 0.2) is 18.2 Å². The van der Waals surface area contributed by atoms with E-state index in [1.807, 2.05) is 4.90 Å². The molecule has 28 heavy (non-hydrogen) atoms. The van der Waals surface area contributed by atoms with Crippen molar-refractivity contribution in [3.63, 3.8) is 0 Å². The molecule has 2 fully saturated rings. The second-order valence-electron chi connectivity index (χ2n) is 7.74. The highest BCUT2D eigenvalue weighted by Gasteiger charge is 2.30. The third-order valence-electron chi connectivity index (χ3n) is 5.65. The Bertz CT molecular complexity index is 692. The van der Waals surface area contributed by atoms with Gasteiger partial charge in [-0.25, -0.2) is 8.78 Å². The molecule has 1 aromatic carbocycles. The first-order chi connectivity index (χ1) is 13.5. The van der Waals surface area contributed by atoms with Crippen molar-refractivity contribution in [3.8, 4) is 0 Å². The molecule has 1 N–H and O–H groups in total. The summed E-state index contributed by atoms with van der Waals surface area (Å²) in [6, 6.07) is 3.61. The van der Waals surface area contributed by atoms with Crippen molar-refractivity contribution in [1.29, 1.82) is 0 Å². The maximum atomic E-state index is 13.2. The fourth-order valence-electron chi connectivity index (χ4n) is 3.98. The normalized spacial score (nSPS) is 20.8. The number of likely N-dealkylation sites (tertiary alicyclic amines) is 1. The lowest BCUT2D eigenvalue weighted by Crippen LogP contribution is -2.44. The summed E-state index contributed by atoms with van der Waals surface area (Å²) in [7, 11) is 0. The molecule has 1 aromatic rings. The topological polar surface area (TPSA) is 58.6 Å². The van der Waals surface area contributed by atoms with E-state index in [9.17, 15) is 18.4 Å². The Morgan fingerprint density at radius 3 is 2.68 bits per heavy atom. The first-order valence-electron chi connectivity index (χ1n) is 10.1. The van der Waals surface area contributed by atoms with Gasteiger partial charge in [-0.2, -0.15) is 0 Å². The number of hydrogen-bond acceptors (Lipinski definition) is 3. The van der Waals surface area contributed by atoms with E-state index in [-0.39, 0.29) is 24.3 Å². The Balaban J connectivity index is 1.40. The van der Waals surface area contributed by atoms with E-state index >= 15 is 0 Å². The lowest BCUT2D eigenvalue weighted by atomic mass is 9.91. The number of hydrogen-bond donors (Lipinski definition) is 1. The molecular weight excluding hydrogens is 366 g/mol. The Morgan fingerprint density at radius 2 is 1.93 bits per heavy atom. The fraction of sp³-hybridized carbons (Fsp3) is 0.619. The number of halogens is 2. The van der Waals surface area contributed by atoms with Crippen LogP contribution in [-0.4, -0.2) is 43.0 Å². The summed E-state index contributed by atoms with van der Waals surface area (Å²) >= 11 is 0. The van der Waals surface area contributed by atoms with Gasteiger partial charge >= 0.3 is 0 Å². The number of ether oxygens (including phenoxy) is 1. The van der Waals surface area contributed by atoms with E-state index in [0.29, 0.717) is 37.7 Å². The summed E-state index contributed by atoms with van der Waals surface area (Å²) in [5.74, 6) is -1.29. The molecule has 2 aliphatic rings. The van der Waals surface area contributed by atoms with Crippen LogP contribution in [0.4, 0.5) is 8.78 Å². The van der Waals surface area contributed by atoms with E-state index in [4.69, 9.17) is 4.74 Å². The SMILES string of the molecule is O=C(CCC1CCCN(C(=O)C2CCOCC2)C1)NCc1ccc(F)c(F)c1. The predicted molar refractivity (Wildman–Crippen MR) is 100 cm³/mol. The van der Waals surface area contributed by atoms with Crippen molar-refractivity contribution < 1.29 is 23.1 Å². The zero-order valence-corrected chi connectivity index (χ0v) is 16.1. The molecule has 5 nitrogen and oxygen atoms in total. The van der Waals surface area contributed by atoms with E-state index in [0.717, 1.165) is 50.8 Å². The molecule has 0 aliphatic carbocycles. The molecule has 154 valence electrons. The number of carbonyl (C=O) groups is 2. The van der Waals surface area contributed by atoms with Crippen LogP contribution < -0.4 is 5.32 Å². The van der Waals surface area contributed by atoms with Gasteiger partial charge in [0.25, 0.3) is 0 Å².